The average Bonchev–Trinajstić information content (AvgIpc) is 2.67. The number of sulfonamides is 2. The van der Waals surface area contributed by atoms with E-state index in [4.69, 9.17) is 4.74 Å². The van der Waals surface area contributed by atoms with Gasteiger partial charge in [0.1, 0.15) is 0 Å². The van der Waals surface area contributed by atoms with Gasteiger partial charge < -0.3 is 4.74 Å². The van der Waals surface area contributed by atoms with Gasteiger partial charge in [0.15, 0.2) is 0 Å². The number of piperidine rings is 1. The highest BCUT2D eigenvalue weighted by Crippen LogP contribution is 2.31. The Balaban J connectivity index is 1.87. The van der Waals surface area contributed by atoms with Gasteiger partial charge in [-0.25, -0.2) is 16.8 Å². The molecule has 2 saturated heterocycles. The van der Waals surface area contributed by atoms with E-state index in [0.717, 1.165) is 6.42 Å². The molecule has 2 aliphatic rings. The van der Waals surface area contributed by atoms with Crippen LogP contribution in [-0.4, -0.2) is 59.6 Å². The summed E-state index contributed by atoms with van der Waals surface area (Å²) in [5, 5.41) is 0. The molecule has 0 aliphatic carbocycles. The van der Waals surface area contributed by atoms with Gasteiger partial charge in [0, 0.05) is 19.6 Å². The van der Waals surface area contributed by atoms with Crippen LogP contribution in [0.1, 0.15) is 31.2 Å². The molecule has 2 aliphatic heterocycles. The first-order valence-electron chi connectivity index (χ1n) is 9.36. The van der Waals surface area contributed by atoms with Gasteiger partial charge in [0.05, 0.1) is 29.4 Å². The van der Waals surface area contributed by atoms with E-state index in [1.165, 1.54) is 21.8 Å². The number of hydrogen-bond acceptors (Lipinski definition) is 6. The minimum Gasteiger partial charge on any atom is -0.469 e. The number of methoxy groups -OCH3 is 1. The number of carbonyl (C=O) groups excluding carboxylic acids is 1. The maximum atomic E-state index is 13.2. The first-order valence-corrected chi connectivity index (χ1v) is 12.4. The SMILES string of the molecule is COC(=O)C1CCN(S(=O)(=O)c2cc(N3CCCCS3(=O)=O)ccc2C)CC1. The zero-order chi connectivity index (χ0) is 20.5. The summed E-state index contributed by atoms with van der Waals surface area (Å²) < 4.78 is 58.6. The Morgan fingerprint density at radius 1 is 1.14 bits per heavy atom. The van der Waals surface area contributed by atoms with Crippen LogP contribution in [0.4, 0.5) is 5.69 Å². The lowest BCUT2D eigenvalue weighted by Gasteiger charge is -2.31. The lowest BCUT2D eigenvalue weighted by molar-refractivity contribution is -0.146. The summed E-state index contributed by atoms with van der Waals surface area (Å²) in [6.07, 6.45) is 2.18. The predicted octanol–water partition coefficient (Wildman–Crippen LogP) is 1.50. The first-order chi connectivity index (χ1) is 13.2. The molecule has 0 bridgehead atoms. The number of esters is 1. The van der Waals surface area contributed by atoms with Crippen LogP contribution in [-0.2, 0) is 29.6 Å². The van der Waals surface area contributed by atoms with E-state index in [9.17, 15) is 21.6 Å². The fourth-order valence-electron chi connectivity index (χ4n) is 3.74. The Labute approximate surface area is 166 Å². The van der Waals surface area contributed by atoms with E-state index in [1.54, 1.807) is 19.1 Å². The van der Waals surface area contributed by atoms with Crippen LogP contribution in [0.3, 0.4) is 0 Å². The van der Waals surface area contributed by atoms with Crippen molar-refractivity contribution < 1.29 is 26.4 Å². The second kappa shape index (κ2) is 8.00. The Kier molecular flexibility index (Phi) is 6.02. The van der Waals surface area contributed by atoms with Gasteiger partial charge in [-0.15, -0.1) is 0 Å². The number of aryl methyl sites for hydroxylation is 1. The summed E-state index contributed by atoms with van der Waals surface area (Å²) in [5.74, 6) is -0.530. The van der Waals surface area contributed by atoms with Crippen molar-refractivity contribution in [1.29, 1.82) is 0 Å². The Bertz CT molecular complexity index is 950. The van der Waals surface area contributed by atoms with Gasteiger partial charge in [0.25, 0.3) is 0 Å². The van der Waals surface area contributed by atoms with E-state index >= 15 is 0 Å². The summed E-state index contributed by atoms with van der Waals surface area (Å²) in [5.41, 5.74) is 0.946. The minimum atomic E-state index is -3.79. The Morgan fingerprint density at radius 2 is 1.82 bits per heavy atom. The summed E-state index contributed by atoms with van der Waals surface area (Å²) >= 11 is 0. The summed E-state index contributed by atoms with van der Waals surface area (Å²) in [7, 11) is -5.88. The third-order valence-corrected chi connectivity index (χ3v) is 9.33. The molecule has 3 rings (SSSR count). The molecule has 0 radical (unpaired) electrons. The van der Waals surface area contributed by atoms with Gasteiger partial charge >= 0.3 is 5.97 Å². The largest absolute Gasteiger partial charge is 0.469 e. The summed E-state index contributed by atoms with van der Waals surface area (Å²) in [4.78, 5) is 11.8. The lowest BCUT2D eigenvalue weighted by atomic mass is 9.99. The van der Waals surface area contributed by atoms with Crippen LogP contribution < -0.4 is 4.31 Å². The molecular weight excluding hydrogens is 404 g/mol. The molecule has 2 heterocycles. The predicted molar refractivity (Wildman–Crippen MR) is 105 cm³/mol. The van der Waals surface area contributed by atoms with Crippen LogP contribution in [0.25, 0.3) is 0 Å². The smallest absolute Gasteiger partial charge is 0.308 e. The van der Waals surface area contributed by atoms with E-state index in [1.807, 2.05) is 0 Å². The standard InChI is InChI=1S/C18H26N2O6S2/c1-14-5-6-16(20-9-3-4-12-27(20,22)23)13-17(14)28(24,25)19-10-7-15(8-11-19)18(21)26-2/h5-6,13,15H,3-4,7-12H2,1-2H3. The lowest BCUT2D eigenvalue weighted by Crippen LogP contribution is -2.41. The molecule has 28 heavy (non-hydrogen) atoms. The third kappa shape index (κ3) is 4.04. The number of benzene rings is 1. The number of nitrogens with zero attached hydrogens (tertiary/aromatic N) is 2. The van der Waals surface area contributed by atoms with Gasteiger partial charge in [0.2, 0.25) is 20.0 Å². The van der Waals surface area contributed by atoms with E-state index in [0.29, 0.717) is 37.1 Å². The number of rotatable bonds is 4. The van der Waals surface area contributed by atoms with Gasteiger partial charge in [-0.05, 0) is 50.3 Å². The zero-order valence-corrected chi connectivity index (χ0v) is 17.8. The van der Waals surface area contributed by atoms with Crippen LogP contribution in [0.15, 0.2) is 23.1 Å². The molecule has 0 spiro atoms. The zero-order valence-electron chi connectivity index (χ0n) is 16.1. The van der Waals surface area contributed by atoms with Gasteiger partial charge in [-0.1, -0.05) is 6.07 Å². The fourth-order valence-corrected chi connectivity index (χ4v) is 7.08. The average molecular weight is 431 g/mol. The molecule has 0 atom stereocenters. The van der Waals surface area contributed by atoms with E-state index in [2.05, 4.69) is 0 Å². The van der Waals surface area contributed by atoms with Crippen LogP contribution in [0, 0.1) is 12.8 Å². The molecule has 0 N–H and O–H groups in total. The number of hydrogen-bond donors (Lipinski definition) is 0. The number of ether oxygens (including phenoxy) is 1. The minimum absolute atomic E-state index is 0.0734. The molecule has 2 fully saturated rings. The van der Waals surface area contributed by atoms with Crippen LogP contribution in [0.5, 0.6) is 0 Å². The van der Waals surface area contributed by atoms with Crippen molar-refractivity contribution in [3.05, 3.63) is 23.8 Å². The van der Waals surface area contributed by atoms with E-state index < -0.39 is 20.0 Å². The first kappa shape index (κ1) is 21.1. The number of anilines is 1. The molecule has 8 nitrogen and oxygen atoms in total. The summed E-state index contributed by atoms with van der Waals surface area (Å²) in [6, 6.07) is 4.76. The van der Waals surface area contributed by atoms with Crippen molar-refractivity contribution >= 4 is 31.7 Å². The van der Waals surface area contributed by atoms with Gasteiger partial charge in [-0.2, -0.15) is 4.31 Å². The molecule has 10 heteroatoms. The fraction of sp³-hybridized carbons (Fsp3) is 0.611. The monoisotopic (exact) mass is 430 g/mol. The molecule has 0 aromatic heterocycles. The molecule has 156 valence electrons. The van der Waals surface area contributed by atoms with Crippen molar-refractivity contribution in [2.24, 2.45) is 5.92 Å². The molecule has 0 unspecified atom stereocenters. The normalized spacial score (nSPS) is 21.4. The maximum Gasteiger partial charge on any atom is 0.308 e. The highest BCUT2D eigenvalue weighted by Gasteiger charge is 2.34. The van der Waals surface area contributed by atoms with Crippen molar-refractivity contribution in [3.8, 4) is 0 Å². The molecule has 1 aromatic carbocycles. The molecule has 1 aromatic rings. The number of carbonyl (C=O) groups is 1. The summed E-state index contributed by atoms with van der Waals surface area (Å²) in [6.45, 7) is 2.51. The van der Waals surface area contributed by atoms with E-state index in [-0.39, 0.29) is 35.6 Å². The van der Waals surface area contributed by atoms with Crippen molar-refractivity contribution in [2.75, 3.05) is 36.8 Å². The molecule has 0 amide bonds. The molecule has 0 saturated carbocycles. The Hall–Kier alpha value is -1.65. The second-order valence-electron chi connectivity index (χ2n) is 7.25. The topological polar surface area (TPSA) is 101 Å². The third-order valence-electron chi connectivity index (χ3n) is 5.42. The van der Waals surface area contributed by atoms with Crippen molar-refractivity contribution in [1.82, 2.24) is 4.31 Å². The quantitative estimate of drug-likeness (QED) is 0.671. The Morgan fingerprint density at radius 3 is 2.43 bits per heavy atom. The van der Waals surface area contributed by atoms with Crippen molar-refractivity contribution in [3.63, 3.8) is 0 Å². The highest BCUT2D eigenvalue weighted by molar-refractivity contribution is 7.92. The maximum absolute atomic E-state index is 13.2. The van der Waals surface area contributed by atoms with Gasteiger partial charge in [-0.3, -0.25) is 9.10 Å². The highest BCUT2D eigenvalue weighted by atomic mass is 32.2. The van der Waals surface area contributed by atoms with Crippen molar-refractivity contribution in [2.45, 2.75) is 37.5 Å². The van der Waals surface area contributed by atoms with Crippen LogP contribution >= 0.6 is 0 Å². The molecular formula is C18H26N2O6S2. The van der Waals surface area contributed by atoms with Crippen LogP contribution in [0.2, 0.25) is 0 Å². The second-order valence-corrected chi connectivity index (χ2v) is 11.2.